The zero-order valence-electron chi connectivity index (χ0n) is 15.4. The van der Waals surface area contributed by atoms with Gasteiger partial charge in [-0.1, -0.05) is 24.3 Å². The topological polar surface area (TPSA) is 62.4 Å². The molecule has 1 saturated heterocycles. The third kappa shape index (κ3) is 1.86. The highest BCUT2D eigenvalue weighted by atomic mass is 16.5. The number of hydrogen-bond acceptors (Lipinski definition) is 3. The number of aromatic nitrogens is 1. The lowest BCUT2D eigenvalue weighted by molar-refractivity contribution is 0.0799. The van der Waals surface area contributed by atoms with E-state index in [0.29, 0.717) is 12.2 Å². The first-order chi connectivity index (χ1) is 13.6. The molecular formula is C23H18N2O3. The minimum absolute atomic E-state index is 0.0832. The van der Waals surface area contributed by atoms with Crippen molar-refractivity contribution in [3.63, 3.8) is 0 Å². The Hall–Kier alpha value is -3.34. The molecule has 0 radical (unpaired) electrons. The Labute approximate surface area is 161 Å². The minimum Gasteiger partial charge on any atom is -0.497 e. The van der Waals surface area contributed by atoms with E-state index in [0.717, 1.165) is 39.9 Å². The molecule has 1 N–H and O–H groups in total. The number of likely N-dealkylation sites (tertiary alicyclic amines) is 1. The van der Waals surface area contributed by atoms with E-state index in [1.165, 1.54) is 0 Å². The molecule has 1 spiro atoms. The predicted molar refractivity (Wildman–Crippen MR) is 105 cm³/mol. The summed E-state index contributed by atoms with van der Waals surface area (Å²) < 4.78 is 5.27. The van der Waals surface area contributed by atoms with Crippen LogP contribution < -0.4 is 4.74 Å². The number of H-pyrrole nitrogens is 1. The number of benzene rings is 2. The zero-order chi connectivity index (χ0) is 19.0. The van der Waals surface area contributed by atoms with Crippen LogP contribution >= 0.6 is 0 Å². The molecule has 138 valence electrons. The molecule has 2 fully saturated rings. The summed E-state index contributed by atoms with van der Waals surface area (Å²) in [5.74, 6) is 1.07. The number of aromatic amines is 1. The largest absolute Gasteiger partial charge is 0.497 e. The Bertz CT molecular complexity index is 1220. The maximum atomic E-state index is 13.3. The Morgan fingerprint density at radius 3 is 2.93 bits per heavy atom. The van der Waals surface area contributed by atoms with Crippen LogP contribution in [0.2, 0.25) is 0 Å². The quantitative estimate of drug-likeness (QED) is 0.745. The molecule has 5 nitrogen and oxygen atoms in total. The maximum Gasteiger partial charge on any atom is 0.274 e. The molecule has 5 heteroatoms. The number of methoxy groups -OCH3 is 1. The van der Waals surface area contributed by atoms with E-state index in [1.54, 1.807) is 12.0 Å². The van der Waals surface area contributed by atoms with Crippen LogP contribution in [0.4, 0.5) is 0 Å². The summed E-state index contributed by atoms with van der Waals surface area (Å²) in [5, 5.41) is 0.931. The monoisotopic (exact) mass is 370 g/mol. The molecule has 1 aromatic heterocycles. The van der Waals surface area contributed by atoms with E-state index < -0.39 is 5.41 Å². The summed E-state index contributed by atoms with van der Waals surface area (Å²) in [4.78, 5) is 31.5. The van der Waals surface area contributed by atoms with E-state index in [-0.39, 0.29) is 17.6 Å². The molecule has 2 aliphatic carbocycles. The van der Waals surface area contributed by atoms with Crippen LogP contribution in [-0.2, 0) is 0 Å². The maximum absolute atomic E-state index is 13.3. The van der Waals surface area contributed by atoms with Crippen molar-refractivity contribution in [3.8, 4) is 5.75 Å². The van der Waals surface area contributed by atoms with Gasteiger partial charge in [-0.2, -0.15) is 0 Å². The van der Waals surface area contributed by atoms with Gasteiger partial charge in [-0.05, 0) is 48.2 Å². The van der Waals surface area contributed by atoms with E-state index in [9.17, 15) is 9.59 Å². The Morgan fingerprint density at radius 1 is 1.21 bits per heavy atom. The second-order valence-corrected chi connectivity index (χ2v) is 7.87. The number of hydrogen-bond donors (Lipinski definition) is 1. The number of rotatable bonds is 2. The van der Waals surface area contributed by atoms with E-state index in [1.807, 2.05) is 54.6 Å². The summed E-state index contributed by atoms with van der Waals surface area (Å²) in [6.45, 7) is 0.600. The number of ether oxygens (including phenoxy) is 1. The highest BCUT2D eigenvalue weighted by Gasteiger charge is 2.69. The average molecular weight is 370 g/mol. The number of fused-ring (bicyclic) bond motifs is 2. The van der Waals surface area contributed by atoms with Gasteiger partial charge in [0.25, 0.3) is 5.91 Å². The summed E-state index contributed by atoms with van der Waals surface area (Å²) in [5.41, 5.74) is 3.48. The molecule has 1 aliphatic heterocycles. The van der Waals surface area contributed by atoms with Crippen molar-refractivity contribution < 1.29 is 14.3 Å². The number of nitrogens with zero attached hydrogens (tertiary/aromatic N) is 1. The fourth-order valence-electron chi connectivity index (χ4n) is 4.93. The second kappa shape index (κ2) is 5.13. The first kappa shape index (κ1) is 15.7. The summed E-state index contributed by atoms with van der Waals surface area (Å²) >= 11 is 0. The smallest absolute Gasteiger partial charge is 0.274 e. The van der Waals surface area contributed by atoms with Gasteiger partial charge in [0.2, 0.25) is 0 Å². The van der Waals surface area contributed by atoms with Crippen molar-refractivity contribution in [1.82, 2.24) is 9.88 Å². The van der Waals surface area contributed by atoms with Crippen LogP contribution in [0.5, 0.6) is 5.75 Å². The number of carbonyl (C=O) groups excluding carboxylic acids is 2. The standard InChI is InChI=1S/C23H18N2O3/c1-28-16-6-7-18-14(8-16)9-19(24-18)22(27)25-12-15-11-23(15)20(25)10-13-4-2-3-5-17(13)21(23)26/h2-10,15,24H,11-12H2,1H3/t15-,23+/m1/s1. The van der Waals surface area contributed by atoms with Gasteiger partial charge < -0.3 is 14.6 Å². The predicted octanol–water partition coefficient (Wildman–Crippen LogP) is 3.88. The Balaban J connectivity index is 1.42. The molecule has 2 aromatic carbocycles. The Morgan fingerprint density at radius 2 is 2.07 bits per heavy atom. The van der Waals surface area contributed by atoms with Gasteiger partial charge in [-0.3, -0.25) is 9.59 Å². The van der Waals surface area contributed by atoms with Gasteiger partial charge in [0.1, 0.15) is 11.4 Å². The summed E-state index contributed by atoms with van der Waals surface area (Å²) in [6.07, 6.45) is 2.88. The van der Waals surface area contributed by atoms with Crippen LogP contribution in [0, 0.1) is 11.3 Å². The highest BCUT2D eigenvalue weighted by Crippen LogP contribution is 2.67. The van der Waals surface area contributed by atoms with Gasteiger partial charge in [-0.15, -0.1) is 0 Å². The van der Waals surface area contributed by atoms with Crippen molar-refractivity contribution >= 4 is 28.7 Å². The van der Waals surface area contributed by atoms with Crippen molar-refractivity contribution in [2.24, 2.45) is 11.3 Å². The number of amides is 1. The normalized spacial score (nSPS) is 24.5. The van der Waals surface area contributed by atoms with Crippen LogP contribution in [0.1, 0.15) is 32.8 Å². The van der Waals surface area contributed by atoms with Crippen LogP contribution in [-0.4, -0.2) is 35.2 Å². The van der Waals surface area contributed by atoms with E-state index >= 15 is 0 Å². The van der Waals surface area contributed by atoms with Crippen molar-refractivity contribution in [2.75, 3.05) is 13.7 Å². The number of allylic oxidation sites excluding steroid dienone is 1. The first-order valence-corrected chi connectivity index (χ1v) is 9.46. The van der Waals surface area contributed by atoms with E-state index in [2.05, 4.69) is 4.98 Å². The lowest BCUT2D eigenvalue weighted by Gasteiger charge is -2.28. The fraction of sp³-hybridized carbons (Fsp3) is 0.217. The van der Waals surface area contributed by atoms with E-state index in [4.69, 9.17) is 4.74 Å². The molecule has 1 saturated carbocycles. The van der Waals surface area contributed by atoms with Crippen molar-refractivity contribution in [2.45, 2.75) is 6.42 Å². The minimum atomic E-state index is -0.487. The fourth-order valence-corrected chi connectivity index (χ4v) is 4.93. The summed E-state index contributed by atoms with van der Waals surface area (Å²) in [7, 11) is 1.63. The average Bonchev–Trinajstić information content (AvgIpc) is 3.12. The number of carbonyl (C=O) groups is 2. The molecule has 0 bridgehead atoms. The van der Waals surface area contributed by atoms with Gasteiger partial charge in [0, 0.05) is 28.7 Å². The molecular weight excluding hydrogens is 352 g/mol. The van der Waals surface area contributed by atoms with Gasteiger partial charge in [-0.25, -0.2) is 0 Å². The molecule has 2 atom stereocenters. The third-order valence-electron chi connectivity index (χ3n) is 6.46. The molecule has 28 heavy (non-hydrogen) atoms. The number of Topliss-reactive ketones (excluding diaryl/α,β-unsaturated/α-hetero) is 1. The zero-order valence-corrected chi connectivity index (χ0v) is 15.4. The SMILES string of the molecule is COc1ccc2[nH]c(C(=O)N3C[C@H]4C[C@]45C(=O)c4ccccc4C=C35)cc2c1. The molecule has 3 aromatic rings. The molecule has 3 aliphatic rings. The lowest BCUT2D eigenvalue weighted by atomic mass is 9.83. The Kier molecular flexibility index (Phi) is 2.88. The molecule has 2 heterocycles. The van der Waals surface area contributed by atoms with Crippen LogP contribution in [0.25, 0.3) is 17.0 Å². The van der Waals surface area contributed by atoms with Crippen molar-refractivity contribution in [1.29, 1.82) is 0 Å². The summed E-state index contributed by atoms with van der Waals surface area (Å²) in [6, 6.07) is 15.2. The first-order valence-electron chi connectivity index (χ1n) is 9.46. The lowest BCUT2D eigenvalue weighted by Crippen LogP contribution is -2.34. The second-order valence-electron chi connectivity index (χ2n) is 7.87. The van der Waals surface area contributed by atoms with Crippen LogP contribution in [0.15, 0.2) is 54.2 Å². The number of nitrogens with one attached hydrogen (secondary N) is 1. The molecule has 0 unspecified atom stereocenters. The van der Waals surface area contributed by atoms with Gasteiger partial charge in [0.05, 0.1) is 12.5 Å². The van der Waals surface area contributed by atoms with Crippen LogP contribution in [0.3, 0.4) is 0 Å². The van der Waals surface area contributed by atoms with Gasteiger partial charge in [0.15, 0.2) is 5.78 Å². The molecule has 1 amide bonds. The number of ketones is 1. The highest BCUT2D eigenvalue weighted by molar-refractivity contribution is 6.12. The van der Waals surface area contributed by atoms with Gasteiger partial charge >= 0.3 is 0 Å². The molecule has 6 rings (SSSR count). The third-order valence-corrected chi connectivity index (χ3v) is 6.46. The number of piperidine rings is 1. The van der Waals surface area contributed by atoms with Crippen molar-refractivity contribution in [3.05, 3.63) is 71.0 Å².